The lowest BCUT2D eigenvalue weighted by atomic mass is 9.96. The second-order valence-electron chi connectivity index (χ2n) is 4.86. The molecular formula is C14H20N2O5. The molecule has 1 aliphatic heterocycles. The number of rotatable bonds is 5. The molecule has 2 rings (SSSR count). The van der Waals surface area contributed by atoms with Crippen LogP contribution < -0.4 is 10.1 Å². The van der Waals surface area contributed by atoms with Crippen LogP contribution in [0.1, 0.15) is 10.4 Å². The lowest BCUT2D eigenvalue weighted by molar-refractivity contribution is -0.132. The highest BCUT2D eigenvalue weighted by atomic mass is 16.5. The predicted molar refractivity (Wildman–Crippen MR) is 74.2 cm³/mol. The maximum absolute atomic E-state index is 12.1. The molecule has 7 nitrogen and oxygen atoms in total. The summed E-state index contributed by atoms with van der Waals surface area (Å²) in [5.74, 6) is -0.0676. The predicted octanol–water partition coefficient (Wildman–Crippen LogP) is -0.158. The summed E-state index contributed by atoms with van der Waals surface area (Å²) in [7, 11) is 3.02. The van der Waals surface area contributed by atoms with Gasteiger partial charge in [-0.3, -0.25) is 4.79 Å². The summed E-state index contributed by atoms with van der Waals surface area (Å²) in [6.45, 7) is 1.06. The van der Waals surface area contributed by atoms with Crippen molar-refractivity contribution >= 4 is 5.91 Å². The lowest BCUT2D eigenvalue weighted by Crippen LogP contribution is -2.49. The van der Waals surface area contributed by atoms with Gasteiger partial charge in [-0.2, -0.15) is 0 Å². The monoisotopic (exact) mass is 296 g/mol. The Balaban J connectivity index is 1.91. The SMILES string of the molecule is COc1cc(C(=O)NC[C@@H]2COC[C@@H](OC)[C@H]2O)ccn1. The third-order valence-corrected chi connectivity index (χ3v) is 3.51. The molecule has 21 heavy (non-hydrogen) atoms. The van der Waals surface area contributed by atoms with Crippen LogP contribution >= 0.6 is 0 Å². The molecule has 2 heterocycles. The maximum atomic E-state index is 12.1. The minimum Gasteiger partial charge on any atom is -0.481 e. The highest BCUT2D eigenvalue weighted by Gasteiger charge is 2.32. The fourth-order valence-corrected chi connectivity index (χ4v) is 2.21. The Labute approximate surface area is 123 Å². The van der Waals surface area contributed by atoms with Crippen LogP contribution in [-0.4, -0.2) is 62.2 Å². The van der Waals surface area contributed by atoms with E-state index in [1.165, 1.54) is 20.4 Å². The number of hydrogen-bond donors (Lipinski definition) is 2. The average Bonchev–Trinajstić information content (AvgIpc) is 2.53. The Morgan fingerprint density at radius 3 is 3.05 bits per heavy atom. The quantitative estimate of drug-likeness (QED) is 0.785. The summed E-state index contributed by atoms with van der Waals surface area (Å²) in [5.41, 5.74) is 0.455. The van der Waals surface area contributed by atoms with Crippen LogP contribution in [0.2, 0.25) is 0 Å². The molecule has 2 N–H and O–H groups in total. The van der Waals surface area contributed by atoms with Crippen molar-refractivity contribution in [1.29, 1.82) is 0 Å². The van der Waals surface area contributed by atoms with Crippen molar-refractivity contribution in [2.24, 2.45) is 5.92 Å². The largest absolute Gasteiger partial charge is 0.481 e. The number of hydrogen-bond acceptors (Lipinski definition) is 6. The van der Waals surface area contributed by atoms with Gasteiger partial charge < -0.3 is 24.6 Å². The van der Waals surface area contributed by atoms with Gasteiger partial charge in [-0.15, -0.1) is 0 Å². The van der Waals surface area contributed by atoms with E-state index in [0.29, 0.717) is 31.2 Å². The molecule has 1 aliphatic rings. The minimum atomic E-state index is -0.656. The average molecular weight is 296 g/mol. The number of ether oxygens (including phenoxy) is 3. The Morgan fingerprint density at radius 2 is 2.33 bits per heavy atom. The van der Waals surface area contributed by atoms with Crippen LogP contribution in [0, 0.1) is 5.92 Å². The van der Waals surface area contributed by atoms with Crippen LogP contribution in [0.4, 0.5) is 0 Å². The third-order valence-electron chi connectivity index (χ3n) is 3.51. The number of methoxy groups -OCH3 is 2. The van der Waals surface area contributed by atoms with Crippen molar-refractivity contribution in [3.63, 3.8) is 0 Å². The third kappa shape index (κ3) is 3.90. The molecule has 3 atom stereocenters. The number of carbonyl (C=O) groups is 1. The number of nitrogens with one attached hydrogen (secondary N) is 1. The van der Waals surface area contributed by atoms with Gasteiger partial charge in [-0.1, -0.05) is 0 Å². The molecule has 0 saturated carbocycles. The van der Waals surface area contributed by atoms with Gasteiger partial charge in [0.05, 0.1) is 26.4 Å². The molecule has 0 aromatic carbocycles. The van der Waals surface area contributed by atoms with Gasteiger partial charge in [-0.05, 0) is 6.07 Å². The van der Waals surface area contributed by atoms with Crippen LogP contribution in [0.15, 0.2) is 18.3 Å². The molecule has 1 saturated heterocycles. The van der Waals surface area contributed by atoms with Crippen molar-refractivity contribution in [1.82, 2.24) is 10.3 Å². The van der Waals surface area contributed by atoms with E-state index in [1.54, 1.807) is 12.1 Å². The first-order valence-corrected chi connectivity index (χ1v) is 6.72. The zero-order valence-corrected chi connectivity index (χ0v) is 12.1. The van der Waals surface area contributed by atoms with Crippen molar-refractivity contribution in [2.75, 3.05) is 34.0 Å². The van der Waals surface area contributed by atoms with Crippen LogP contribution in [0.25, 0.3) is 0 Å². The minimum absolute atomic E-state index is 0.198. The van der Waals surface area contributed by atoms with Gasteiger partial charge in [0.25, 0.3) is 5.91 Å². The molecule has 0 radical (unpaired) electrons. The Bertz CT molecular complexity index is 482. The van der Waals surface area contributed by atoms with Crippen LogP contribution in [0.3, 0.4) is 0 Å². The number of aromatic nitrogens is 1. The summed E-state index contributed by atoms with van der Waals surface area (Å²) in [6, 6.07) is 3.16. The van der Waals surface area contributed by atoms with E-state index in [1.807, 2.05) is 0 Å². The second kappa shape index (κ2) is 7.35. The number of carbonyl (C=O) groups excluding carboxylic acids is 1. The number of nitrogens with zero attached hydrogens (tertiary/aromatic N) is 1. The molecule has 1 fully saturated rings. The van der Waals surface area contributed by atoms with E-state index in [9.17, 15) is 9.90 Å². The van der Waals surface area contributed by atoms with Gasteiger partial charge in [0.2, 0.25) is 5.88 Å². The summed E-state index contributed by atoms with van der Waals surface area (Å²) < 4.78 is 15.5. The number of amides is 1. The van der Waals surface area contributed by atoms with Gasteiger partial charge in [0.1, 0.15) is 6.10 Å². The Hall–Kier alpha value is -1.70. The molecular weight excluding hydrogens is 276 g/mol. The highest BCUT2D eigenvalue weighted by Crippen LogP contribution is 2.17. The first-order chi connectivity index (χ1) is 10.2. The first kappa shape index (κ1) is 15.7. The smallest absolute Gasteiger partial charge is 0.251 e. The van der Waals surface area contributed by atoms with Gasteiger partial charge in [0, 0.05) is 37.4 Å². The fraction of sp³-hybridized carbons (Fsp3) is 0.571. The topological polar surface area (TPSA) is 89.9 Å². The first-order valence-electron chi connectivity index (χ1n) is 6.72. The molecule has 116 valence electrons. The fourth-order valence-electron chi connectivity index (χ4n) is 2.21. The van der Waals surface area contributed by atoms with Crippen molar-refractivity contribution in [2.45, 2.75) is 12.2 Å². The molecule has 7 heteroatoms. The summed E-state index contributed by atoms with van der Waals surface area (Å²) >= 11 is 0. The van der Waals surface area contributed by atoms with E-state index in [-0.39, 0.29) is 17.9 Å². The van der Waals surface area contributed by atoms with Gasteiger partial charge >= 0.3 is 0 Å². The summed E-state index contributed by atoms with van der Waals surface area (Å²) in [5, 5.41) is 12.9. The van der Waals surface area contributed by atoms with Crippen molar-refractivity contribution in [3.8, 4) is 5.88 Å². The lowest BCUT2D eigenvalue weighted by Gasteiger charge is -2.33. The summed E-state index contributed by atoms with van der Waals surface area (Å²) in [4.78, 5) is 16.0. The van der Waals surface area contributed by atoms with Crippen LogP contribution in [0.5, 0.6) is 5.88 Å². The van der Waals surface area contributed by atoms with E-state index < -0.39 is 6.10 Å². The van der Waals surface area contributed by atoms with E-state index >= 15 is 0 Å². The molecule has 1 amide bonds. The molecule has 0 unspecified atom stereocenters. The van der Waals surface area contributed by atoms with Crippen molar-refractivity contribution < 1.29 is 24.1 Å². The van der Waals surface area contributed by atoms with Crippen LogP contribution in [-0.2, 0) is 9.47 Å². The Morgan fingerprint density at radius 1 is 1.52 bits per heavy atom. The van der Waals surface area contributed by atoms with Crippen molar-refractivity contribution in [3.05, 3.63) is 23.9 Å². The second-order valence-corrected chi connectivity index (χ2v) is 4.86. The standard InChI is InChI=1S/C14H20N2O5/c1-19-11-8-21-7-10(13(11)17)6-16-14(18)9-3-4-15-12(5-9)20-2/h3-5,10-11,13,17H,6-8H2,1-2H3,(H,16,18)/t10-,11-,13+/m1/s1. The number of aliphatic hydroxyl groups is 1. The highest BCUT2D eigenvalue weighted by molar-refractivity contribution is 5.94. The van der Waals surface area contributed by atoms with E-state index in [0.717, 1.165) is 0 Å². The molecule has 0 spiro atoms. The molecule has 1 aromatic rings. The normalized spacial score (nSPS) is 25.4. The van der Waals surface area contributed by atoms with E-state index in [4.69, 9.17) is 14.2 Å². The zero-order chi connectivity index (χ0) is 15.2. The molecule has 0 bridgehead atoms. The maximum Gasteiger partial charge on any atom is 0.251 e. The molecule has 0 aliphatic carbocycles. The van der Waals surface area contributed by atoms with E-state index in [2.05, 4.69) is 10.3 Å². The molecule has 1 aromatic heterocycles. The summed E-state index contributed by atoms with van der Waals surface area (Å²) in [6.07, 6.45) is 0.491. The zero-order valence-electron chi connectivity index (χ0n) is 12.1. The number of pyridine rings is 1. The number of aliphatic hydroxyl groups excluding tert-OH is 1. The van der Waals surface area contributed by atoms with Gasteiger partial charge in [-0.25, -0.2) is 4.98 Å². The van der Waals surface area contributed by atoms with Gasteiger partial charge in [0.15, 0.2) is 0 Å². The Kier molecular flexibility index (Phi) is 5.49.